The second-order valence-corrected chi connectivity index (χ2v) is 8.13. The zero-order valence-corrected chi connectivity index (χ0v) is 14.2. The Labute approximate surface area is 128 Å². The van der Waals surface area contributed by atoms with Crippen LogP contribution in [0.1, 0.15) is 77.7 Å². The zero-order valence-electron chi connectivity index (χ0n) is 14.2. The molecule has 21 heavy (non-hydrogen) atoms. The molecule has 3 heteroatoms. The molecule has 0 radical (unpaired) electrons. The van der Waals surface area contributed by atoms with E-state index < -0.39 is 0 Å². The lowest BCUT2D eigenvalue weighted by atomic mass is 9.69. The van der Waals surface area contributed by atoms with Crippen molar-refractivity contribution in [2.45, 2.75) is 72.6 Å². The molecule has 1 aliphatic rings. The molecule has 1 N–H and O–H groups in total. The van der Waals surface area contributed by atoms with Gasteiger partial charge in [0.2, 0.25) is 0 Å². The van der Waals surface area contributed by atoms with E-state index in [1.807, 2.05) is 0 Å². The van der Waals surface area contributed by atoms with E-state index in [1.165, 1.54) is 12.8 Å². The minimum absolute atomic E-state index is 0.00796. The van der Waals surface area contributed by atoms with E-state index in [1.54, 1.807) is 6.07 Å². The monoisotopic (exact) mass is 290 g/mol. The van der Waals surface area contributed by atoms with Crippen LogP contribution in [-0.2, 0) is 6.42 Å². The molecule has 1 aromatic rings. The number of aromatic amines is 1. The Kier molecular flexibility index (Phi) is 4.90. The van der Waals surface area contributed by atoms with E-state index in [9.17, 15) is 4.79 Å². The number of hydrogen-bond donors (Lipinski definition) is 1. The van der Waals surface area contributed by atoms with Crippen molar-refractivity contribution in [3.8, 4) is 0 Å². The fraction of sp³-hybridized carbons (Fsp3) is 0.778. The topological polar surface area (TPSA) is 45.8 Å². The van der Waals surface area contributed by atoms with Crippen molar-refractivity contribution in [2.75, 3.05) is 0 Å². The molecule has 1 fully saturated rings. The van der Waals surface area contributed by atoms with Gasteiger partial charge in [0.05, 0.1) is 0 Å². The van der Waals surface area contributed by atoms with Crippen LogP contribution >= 0.6 is 0 Å². The largest absolute Gasteiger partial charge is 0.310 e. The van der Waals surface area contributed by atoms with Crippen molar-refractivity contribution in [3.63, 3.8) is 0 Å². The van der Waals surface area contributed by atoms with E-state index >= 15 is 0 Å². The highest BCUT2D eigenvalue weighted by molar-refractivity contribution is 5.07. The molecule has 1 aliphatic carbocycles. The van der Waals surface area contributed by atoms with Crippen LogP contribution in [0.15, 0.2) is 10.9 Å². The smallest absolute Gasteiger partial charge is 0.251 e. The summed E-state index contributed by atoms with van der Waals surface area (Å²) in [6, 6.07) is 1.66. The number of H-pyrrole nitrogens is 1. The minimum atomic E-state index is 0.00796. The summed E-state index contributed by atoms with van der Waals surface area (Å²) in [7, 11) is 0. The van der Waals surface area contributed by atoms with E-state index in [2.05, 4.69) is 39.6 Å². The Morgan fingerprint density at radius 3 is 2.38 bits per heavy atom. The van der Waals surface area contributed by atoms with Crippen LogP contribution in [0, 0.1) is 17.3 Å². The molecule has 0 aliphatic heterocycles. The molecular formula is C18H30N2O. The first-order valence-corrected chi connectivity index (χ1v) is 8.36. The number of nitrogens with one attached hydrogen (secondary N) is 1. The van der Waals surface area contributed by atoms with Gasteiger partial charge in [0.15, 0.2) is 0 Å². The lowest BCUT2D eigenvalue weighted by molar-refractivity contribution is 0.167. The molecule has 0 amide bonds. The van der Waals surface area contributed by atoms with Crippen molar-refractivity contribution in [2.24, 2.45) is 17.3 Å². The fourth-order valence-electron chi connectivity index (χ4n) is 3.48. The quantitative estimate of drug-likeness (QED) is 0.902. The Balaban J connectivity index is 2.10. The molecule has 118 valence electrons. The predicted molar refractivity (Wildman–Crippen MR) is 87.6 cm³/mol. The molecule has 0 unspecified atom stereocenters. The third-order valence-electron chi connectivity index (χ3n) is 4.77. The van der Waals surface area contributed by atoms with Crippen LogP contribution in [0.2, 0.25) is 0 Å². The van der Waals surface area contributed by atoms with Crippen LogP contribution in [0.5, 0.6) is 0 Å². The van der Waals surface area contributed by atoms with Crippen molar-refractivity contribution in [1.82, 2.24) is 9.97 Å². The van der Waals surface area contributed by atoms with Crippen molar-refractivity contribution in [3.05, 3.63) is 27.9 Å². The second kappa shape index (κ2) is 6.33. The Morgan fingerprint density at radius 2 is 1.86 bits per heavy atom. The molecule has 0 atom stereocenters. The van der Waals surface area contributed by atoms with Gasteiger partial charge >= 0.3 is 0 Å². The number of hydrogen-bond acceptors (Lipinski definition) is 2. The summed E-state index contributed by atoms with van der Waals surface area (Å²) >= 11 is 0. The number of rotatable bonds is 3. The summed E-state index contributed by atoms with van der Waals surface area (Å²) in [6.07, 6.45) is 5.67. The van der Waals surface area contributed by atoms with Gasteiger partial charge in [0.1, 0.15) is 5.82 Å². The lowest BCUT2D eigenvalue weighted by Gasteiger charge is -2.36. The zero-order chi connectivity index (χ0) is 15.6. The van der Waals surface area contributed by atoms with Gasteiger partial charge in [0.25, 0.3) is 5.56 Å². The predicted octanol–water partition coefficient (Wildman–Crippen LogP) is 4.29. The maximum absolute atomic E-state index is 11.9. The summed E-state index contributed by atoms with van der Waals surface area (Å²) in [5.74, 6) is 2.68. The summed E-state index contributed by atoms with van der Waals surface area (Å²) in [4.78, 5) is 19.6. The normalized spacial score (nSPS) is 23.5. The molecular weight excluding hydrogens is 260 g/mol. The number of aromatic nitrogens is 2. The van der Waals surface area contributed by atoms with Gasteiger partial charge in [0, 0.05) is 17.7 Å². The maximum Gasteiger partial charge on any atom is 0.251 e. The van der Waals surface area contributed by atoms with Crippen LogP contribution in [0.4, 0.5) is 0 Å². The molecule has 3 nitrogen and oxygen atoms in total. The summed E-state index contributed by atoms with van der Waals surface area (Å²) in [5, 5.41) is 0. The fourth-order valence-corrected chi connectivity index (χ4v) is 3.48. The molecule has 1 aromatic heterocycles. The van der Waals surface area contributed by atoms with E-state index in [4.69, 9.17) is 4.98 Å². The van der Waals surface area contributed by atoms with Crippen molar-refractivity contribution < 1.29 is 0 Å². The molecule has 0 bridgehead atoms. The first kappa shape index (κ1) is 16.3. The van der Waals surface area contributed by atoms with Crippen LogP contribution in [-0.4, -0.2) is 9.97 Å². The highest BCUT2D eigenvalue weighted by Crippen LogP contribution is 2.42. The van der Waals surface area contributed by atoms with Gasteiger partial charge in [-0.3, -0.25) is 4.79 Å². The third-order valence-corrected chi connectivity index (χ3v) is 4.77. The van der Waals surface area contributed by atoms with Crippen molar-refractivity contribution >= 4 is 0 Å². The molecule has 0 saturated heterocycles. The maximum atomic E-state index is 11.9. The van der Waals surface area contributed by atoms with Crippen LogP contribution in [0.25, 0.3) is 0 Å². The third kappa shape index (κ3) is 4.42. The Hall–Kier alpha value is -1.12. The van der Waals surface area contributed by atoms with Gasteiger partial charge in [-0.15, -0.1) is 0 Å². The van der Waals surface area contributed by atoms with Crippen LogP contribution < -0.4 is 5.56 Å². The van der Waals surface area contributed by atoms with Crippen molar-refractivity contribution in [1.29, 1.82) is 0 Å². The Morgan fingerprint density at radius 1 is 1.24 bits per heavy atom. The van der Waals surface area contributed by atoms with Gasteiger partial charge in [-0.05, 0) is 49.4 Å². The first-order chi connectivity index (χ1) is 9.75. The van der Waals surface area contributed by atoms with Gasteiger partial charge in [-0.1, -0.05) is 34.6 Å². The number of nitrogens with zero attached hydrogens (tertiary/aromatic N) is 1. The molecule has 1 heterocycles. The summed E-state index contributed by atoms with van der Waals surface area (Å²) < 4.78 is 0. The molecule has 0 spiro atoms. The standard InChI is InChI=1S/C18H30N2O/c1-12(2)10-15-11-16(21)20-17(19-15)13-6-8-14(9-7-13)18(3,4)5/h11-14H,6-10H2,1-5H3,(H,19,20,21). The minimum Gasteiger partial charge on any atom is -0.310 e. The highest BCUT2D eigenvalue weighted by Gasteiger charge is 2.31. The summed E-state index contributed by atoms with van der Waals surface area (Å²) in [6.45, 7) is 11.3. The molecule has 1 saturated carbocycles. The lowest BCUT2D eigenvalue weighted by Crippen LogP contribution is -2.27. The molecule has 2 rings (SSSR count). The van der Waals surface area contributed by atoms with E-state index in [-0.39, 0.29) is 5.56 Å². The second-order valence-electron chi connectivity index (χ2n) is 8.13. The average Bonchev–Trinajstić information content (AvgIpc) is 2.36. The van der Waals surface area contributed by atoms with Crippen LogP contribution in [0.3, 0.4) is 0 Å². The Bertz CT molecular complexity index is 517. The van der Waals surface area contributed by atoms with Gasteiger partial charge in [-0.2, -0.15) is 0 Å². The van der Waals surface area contributed by atoms with Gasteiger partial charge < -0.3 is 4.98 Å². The summed E-state index contributed by atoms with van der Waals surface area (Å²) in [5.41, 5.74) is 1.35. The van der Waals surface area contributed by atoms with Gasteiger partial charge in [-0.25, -0.2) is 4.98 Å². The van der Waals surface area contributed by atoms with E-state index in [0.29, 0.717) is 17.3 Å². The first-order valence-electron chi connectivity index (χ1n) is 8.36. The highest BCUT2D eigenvalue weighted by atomic mass is 16.1. The SMILES string of the molecule is CC(C)Cc1cc(=O)[nH]c(C2CCC(C(C)(C)C)CC2)n1. The molecule has 0 aromatic carbocycles. The van der Waals surface area contributed by atoms with E-state index in [0.717, 1.165) is 36.7 Å². The average molecular weight is 290 g/mol.